The molecule has 0 bridgehead atoms. The average molecular weight is 459 g/mol. The van der Waals surface area contributed by atoms with Crippen molar-refractivity contribution in [2.24, 2.45) is 0 Å². The molecule has 102 valence electrons. The minimum atomic E-state index is 0.717. The highest BCUT2D eigenvalue weighted by Gasteiger charge is 2.12. The van der Waals surface area contributed by atoms with Gasteiger partial charge in [0.25, 0.3) is 0 Å². The van der Waals surface area contributed by atoms with E-state index in [-0.39, 0.29) is 0 Å². The maximum atomic E-state index is 5.51. The summed E-state index contributed by atoms with van der Waals surface area (Å²) in [6.45, 7) is 4.21. The molecule has 0 saturated heterocycles. The highest BCUT2D eigenvalue weighted by atomic mass is 127. The minimum Gasteiger partial charge on any atom is -0.330 e. The molecule has 0 atom stereocenters. The number of nitrogens with one attached hydrogen (secondary N) is 1. The number of hydrogen-bond acceptors (Lipinski definition) is 1. The Kier molecular flexibility index (Phi) is 3.77. The Hall–Kier alpha value is -0.660. The second-order valence-corrected chi connectivity index (χ2v) is 7.33. The van der Waals surface area contributed by atoms with Crippen molar-refractivity contribution in [2.75, 3.05) is 0 Å². The van der Waals surface area contributed by atoms with Gasteiger partial charge in [-0.2, -0.15) is 0 Å². The smallest absolute Gasteiger partial charge is 0.182 e. The monoisotopic (exact) mass is 458 g/mol. The number of imidazole rings is 1. The van der Waals surface area contributed by atoms with Gasteiger partial charge in [0.2, 0.25) is 0 Å². The van der Waals surface area contributed by atoms with Gasteiger partial charge < -0.3 is 4.98 Å². The Morgan fingerprint density at radius 3 is 2.65 bits per heavy atom. The number of aryl methyl sites for hydroxylation is 2. The van der Waals surface area contributed by atoms with Crippen LogP contribution in [0.15, 0.2) is 34.8 Å². The molecule has 3 rings (SSSR count). The molecule has 0 fully saturated rings. The third kappa shape index (κ3) is 2.35. The summed E-state index contributed by atoms with van der Waals surface area (Å²) in [6, 6.07) is 10.6. The average Bonchev–Trinajstić information content (AvgIpc) is 2.64. The van der Waals surface area contributed by atoms with Gasteiger partial charge in [-0.05, 0) is 100.0 Å². The topological polar surface area (TPSA) is 20.7 Å². The zero-order valence-electron chi connectivity index (χ0n) is 11.0. The van der Waals surface area contributed by atoms with Crippen LogP contribution in [0.4, 0.5) is 0 Å². The summed E-state index contributed by atoms with van der Waals surface area (Å²) in [7, 11) is 0. The van der Waals surface area contributed by atoms with Crippen molar-refractivity contribution in [2.45, 2.75) is 13.8 Å². The number of nitrogens with zero attached hydrogens (tertiary/aromatic N) is 1. The van der Waals surface area contributed by atoms with Crippen LogP contribution >= 0.6 is 50.7 Å². The number of halogens is 2. The van der Waals surface area contributed by atoms with Crippen molar-refractivity contribution >= 4 is 61.8 Å². The van der Waals surface area contributed by atoms with Crippen LogP contribution in [0, 0.1) is 22.2 Å². The Labute approximate surface area is 144 Å². The second-order valence-electron chi connectivity index (χ2n) is 4.84. The molecule has 2 aromatic carbocycles. The Morgan fingerprint density at radius 1 is 1.20 bits per heavy atom. The summed E-state index contributed by atoms with van der Waals surface area (Å²) in [5.74, 6) is 0. The lowest BCUT2D eigenvalue weighted by molar-refractivity contribution is 1.04. The lowest BCUT2D eigenvalue weighted by Gasteiger charge is -2.12. The first-order valence-corrected chi connectivity index (χ1v) is 8.43. The van der Waals surface area contributed by atoms with E-state index in [0.717, 1.165) is 26.0 Å². The van der Waals surface area contributed by atoms with E-state index in [1.165, 1.54) is 14.7 Å². The van der Waals surface area contributed by atoms with Crippen molar-refractivity contribution in [1.29, 1.82) is 0 Å². The third-order valence-corrected chi connectivity index (χ3v) is 4.83. The van der Waals surface area contributed by atoms with Crippen LogP contribution in [-0.4, -0.2) is 9.55 Å². The van der Waals surface area contributed by atoms with Gasteiger partial charge in [-0.1, -0.05) is 6.07 Å². The van der Waals surface area contributed by atoms with Gasteiger partial charge in [0, 0.05) is 8.04 Å². The Balaban J connectivity index is 2.41. The highest BCUT2D eigenvalue weighted by Crippen LogP contribution is 2.30. The summed E-state index contributed by atoms with van der Waals surface area (Å²) in [5, 5.41) is 0. The predicted octanol–water partition coefficient (Wildman–Crippen LogP) is 5.67. The van der Waals surface area contributed by atoms with E-state index in [9.17, 15) is 0 Å². The second kappa shape index (κ2) is 5.27. The SMILES string of the molecule is Cc1cc(C)c(-n2c(=S)[nH]c3cc(I)ccc32)c(Br)c1. The number of aromatic amines is 1. The van der Waals surface area contributed by atoms with Crippen molar-refractivity contribution in [1.82, 2.24) is 9.55 Å². The molecule has 0 aliphatic rings. The molecule has 0 unspecified atom stereocenters. The number of H-pyrrole nitrogens is 1. The Bertz CT molecular complexity index is 856. The zero-order valence-corrected chi connectivity index (χ0v) is 15.6. The van der Waals surface area contributed by atoms with Gasteiger partial charge in [0.1, 0.15) is 0 Å². The minimum absolute atomic E-state index is 0.717. The van der Waals surface area contributed by atoms with Crippen LogP contribution in [0.5, 0.6) is 0 Å². The summed E-state index contributed by atoms with van der Waals surface area (Å²) in [4.78, 5) is 3.29. The molecule has 3 aromatic rings. The fraction of sp³-hybridized carbons (Fsp3) is 0.133. The van der Waals surface area contributed by atoms with Crippen LogP contribution in [-0.2, 0) is 0 Å². The number of fused-ring (bicyclic) bond motifs is 1. The van der Waals surface area contributed by atoms with Gasteiger partial charge in [-0.3, -0.25) is 4.57 Å². The molecule has 1 heterocycles. The Morgan fingerprint density at radius 2 is 1.95 bits per heavy atom. The zero-order chi connectivity index (χ0) is 14.4. The molecule has 5 heteroatoms. The van der Waals surface area contributed by atoms with Crippen molar-refractivity contribution in [3.8, 4) is 5.69 Å². The van der Waals surface area contributed by atoms with Crippen LogP contribution in [0.3, 0.4) is 0 Å². The van der Waals surface area contributed by atoms with Gasteiger partial charge in [0.15, 0.2) is 4.77 Å². The molecule has 0 saturated carbocycles. The molecule has 1 N–H and O–H groups in total. The fourth-order valence-electron chi connectivity index (χ4n) is 2.50. The van der Waals surface area contributed by atoms with Crippen LogP contribution in [0.2, 0.25) is 0 Å². The van der Waals surface area contributed by atoms with Crippen LogP contribution in [0.25, 0.3) is 16.7 Å². The van der Waals surface area contributed by atoms with Crippen molar-refractivity contribution in [3.63, 3.8) is 0 Å². The van der Waals surface area contributed by atoms with E-state index in [4.69, 9.17) is 12.2 Å². The number of hydrogen-bond donors (Lipinski definition) is 1. The quantitative estimate of drug-likeness (QED) is 0.368. The molecule has 20 heavy (non-hydrogen) atoms. The lowest BCUT2D eigenvalue weighted by atomic mass is 10.1. The van der Waals surface area contributed by atoms with E-state index < -0.39 is 0 Å². The van der Waals surface area contributed by atoms with Crippen LogP contribution in [0.1, 0.15) is 11.1 Å². The van der Waals surface area contributed by atoms with Crippen molar-refractivity contribution in [3.05, 3.63) is 54.3 Å². The molecule has 2 nitrogen and oxygen atoms in total. The van der Waals surface area contributed by atoms with Crippen LogP contribution < -0.4 is 0 Å². The first-order valence-electron chi connectivity index (χ1n) is 6.15. The third-order valence-electron chi connectivity index (χ3n) is 3.27. The molecule has 0 aliphatic carbocycles. The van der Waals surface area contributed by atoms with Gasteiger partial charge in [-0.15, -0.1) is 0 Å². The van der Waals surface area contributed by atoms with Gasteiger partial charge in [-0.25, -0.2) is 0 Å². The van der Waals surface area contributed by atoms with Gasteiger partial charge in [0.05, 0.1) is 16.7 Å². The maximum Gasteiger partial charge on any atom is 0.182 e. The fourth-order valence-corrected chi connectivity index (χ4v) is 4.14. The van der Waals surface area contributed by atoms with E-state index >= 15 is 0 Å². The summed E-state index contributed by atoms with van der Waals surface area (Å²) >= 11 is 11.5. The molecule has 1 aromatic heterocycles. The van der Waals surface area contributed by atoms with Gasteiger partial charge >= 0.3 is 0 Å². The van der Waals surface area contributed by atoms with E-state index in [0.29, 0.717) is 0 Å². The standard InChI is InChI=1S/C15H12BrIN2S/c1-8-5-9(2)14(11(16)6-8)19-13-4-3-10(17)7-12(13)18-15(19)20/h3-7H,1-2H3,(H,18,20). The molecular formula is C15H12BrIN2S. The summed E-state index contributed by atoms with van der Waals surface area (Å²) in [5.41, 5.74) is 5.70. The molecule has 0 spiro atoms. The predicted molar refractivity (Wildman–Crippen MR) is 98.4 cm³/mol. The molecular weight excluding hydrogens is 447 g/mol. The van der Waals surface area contributed by atoms with E-state index in [1.54, 1.807) is 0 Å². The summed E-state index contributed by atoms with van der Waals surface area (Å²) < 4.78 is 5.07. The molecule has 0 aliphatic heterocycles. The number of aromatic nitrogens is 2. The molecule has 0 radical (unpaired) electrons. The lowest BCUT2D eigenvalue weighted by Crippen LogP contribution is -1.99. The largest absolute Gasteiger partial charge is 0.330 e. The number of rotatable bonds is 1. The number of benzene rings is 2. The van der Waals surface area contributed by atoms with E-state index in [1.807, 2.05) is 0 Å². The maximum absolute atomic E-state index is 5.51. The van der Waals surface area contributed by atoms with E-state index in [2.05, 4.69) is 92.3 Å². The first-order chi connectivity index (χ1) is 9.47. The van der Waals surface area contributed by atoms with Crippen molar-refractivity contribution < 1.29 is 0 Å². The first kappa shape index (κ1) is 14.3. The highest BCUT2D eigenvalue weighted by molar-refractivity contribution is 14.1. The molecule has 0 amide bonds. The normalized spacial score (nSPS) is 11.2. The summed E-state index contributed by atoms with van der Waals surface area (Å²) in [6.07, 6.45) is 0.